The maximum absolute atomic E-state index is 11.2. The van der Waals surface area contributed by atoms with Crippen LogP contribution in [0, 0.1) is 5.92 Å². The number of hydrogen-bond donors (Lipinski definition) is 1. The molecule has 64 valence electrons. The number of rotatable bonds is 2. The van der Waals surface area contributed by atoms with Gasteiger partial charge in [0.25, 0.3) is 0 Å². The molecule has 1 unspecified atom stereocenters. The lowest BCUT2D eigenvalue weighted by atomic mass is 10.0. The van der Waals surface area contributed by atoms with Gasteiger partial charge >= 0.3 is 0 Å². The van der Waals surface area contributed by atoms with Gasteiger partial charge in [-0.15, -0.1) is 11.3 Å². The zero-order chi connectivity index (χ0) is 8.39. The number of carbonyl (C=O) groups is 1. The van der Waals surface area contributed by atoms with Crippen LogP contribution in [0.5, 0.6) is 0 Å². The summed E-state index contributed by atoms with van der Waals surface area (Å²) in [4.78, 5) is 12.5. The van der Waals surface area contributed by atoms with E-state index in [1.807, 2.05) is 6.07 Å². The predicted molar refractivity (Wildman–Crippen MR) is 49.1 cm³/mol. The van der Waals surface area contributed by atoms with Crippen molar-refractivity contribution in [3.63, 3.8) is 0 Å². The number of nitrogens with one attached hydrogen (secondary N) is 1. The predicted octanol–water partition coefficient (Wildman–Crippen LogP) is 1.43. The zero-order valence-electron chi connectivity index (χ0n) is 6.75. The monoisotopic (exact) mass is 181 g/mol. The zero-order valence-corrected chi connectivity index (χ0v) is 7.56. The van der Waals surface area contributed by atoms with Gasteiger partial charge in [0.1, 0.15) is 0 Å². The third-order valence-corrected chi connectivity index (χ3v) is 3.09. The van der Waals surface area contributed by atoms with Crippen LogP contribution in [-0.4, -0.2) is 12.5 Å². The second-order valence-corrected chi connectivity index (χ2v) is 4.09. The maximum atomic E-state index is 11.2. The summed E-state index contributed by atoms with van der Waals surface area (Å²) in [6.45, 7) is 0.856. The largest absolute Gasteiger partial charge is 0.356 e. The van der Waals surface area contributed by atoms with E-state index in [-0.39, 0.29) is 11.8 Å². The minimum Gasteiger partial charge on any atom is -0.356 e. The van der Waals surface area contributed by atoms with Crippen LogP contribution < -0.4 is 5.32 Å². The first-order valence-electron chi connectivity index (χ1n) is 4.16. The summed E-state index contributed by atoms with van der Waals surface area (Å²) in [7, 11) is 0. The first-order valence-corrected chi connectivity index (χ1v) is 5.04. The fourth-order valence-corrected chi connectivity index (χ4v) is 2.30. The van der Waals surface area contributed by atoms with Crippen molar-refractivity contribution in [3.05, 3.63) is 22.4 Å². The molecule has 0 spiro atoms. The molecule has 1 aliphatic rings. The van der Waals surface area contributed by atoms with Crippen molar-refractivity contribution >= 4 is 17.2 Å². The van der Waals surface area contributed by atoms with Crippen molar-refractivity contribution < 1.29 is 4.79 Å². The van der Waals surface area contributed by atoms with Crippen LogP contribution in [0.25, 0.3) is 0 Å². The summed E-state index contributed by atoms with van der Waals surface area (Å²) in [5, 5.41) is 4.91. The van der Waals surface area contributed by atoms with Crippen molar-refractivity contribution in [3.8, 4) is 0 Å². The van der Waals surface area contributed by atoms with Crippen molar-refractivity contribution in [2.45, 2.75) is 12.8 Å². The highest BCUT2D eigenvalue weighted by Crippen LogP contribution is 2.19. The Kier molecular flexibility index (Phi) is 2.13. The topological polar surface area (TPSA) is 29.1 Å². The Morgan fingerprint density at radius 1 is 1.67 bits per heavy atom. The summed E-state index contributed by atoms with van der Waals surface area (Å²) in [6.07, 6.45) is 1.92. The minimum atomic E-state index is 0.225. The Morgan fingerprint density at radius 2 is 2.58 bits per heavy atom. The molecule has 1 N–H and O–H groups in total. The van der Waals surface area contributed by atoms with Gasteiger partial charge in [-0.3, -0.25) is 4.79 Å². The van der Waals surface area contributed by atoms with Crippen LogP contribution in [0.1, 0.15) is 11.3 Å². The van der Waals surface area contributed by atoms with Crippen LogP contribution in [0.3, 0.4) is 0 Å². The Morgan fingerprint density at radius 3 is 3.17 bits per heavy atom. The van der Waals surface area contributed by atoms with E-state index in [0.717, 1.165) is 19.4 Å². The van der Waals surface area contributed by atoms with Crippen LogP contribution in [0.2, 0.25) is 0 Å². The van der Waals surface area contributed by atoms with Gasteiger partial charge in [-0.25, -0.2) is 0 Å². The highest BCUT2D eigenvalue weighted by atomic mass is 32.1. The lowest BCUT2D eigenvalue weighted by Crippen LogP contribution is -2.20. The smallest absolute Gasteiger partial charge is 0.223 e. The molecular formula is C9H11NOS. The summed E-state index contributed by atoms with van der Waals surface area (Å²) >= 11 is 1.73. The summed E-state index contributed by atoms with van der Waals surface area (Å²) in [6, 6.07) is 4.13. The molecule has 0 bridgehead atoms. The quantitative estimate of drug-likeness (QED) is 0.734. The molecule has 3 heteroatoms. The normalized spacial score (nSPS) is 22.7. The number of hydrogen-bond acceptors (Lipinski definition) is 2. The molecule has 2 heterocycles. The van der Waals surface area contributed by atoms with Crippen LogP contribution >= 0.6 is 11.3 Å². The molecule has 0 aliphatic carbocycles. The Bertz CT molecular complexity index is 268. The average molecular weight is 181 g/mol. The van der Waals surface area contributed by atoms with Crippen LogP contribution in [0.15, 0.2) is 17.5 Å². The van der Waals surface area contributed by atoms with Gasteiger partial charge in [-0.2, -0.15) is 0 Å². The van der Waals surface area contributed by atoms with E-state index in [4.69, 9.17) is 0 Å². The second-order valence-electron chi connectivity index (χ2n) is 3.06. The molecule has 2 rings (SSSR count). The van der Waals surface area contributed by atoms with E-state index < -0.39 is 0 Å². The molecule has 1 saturated heterocycles. The van der Waals surface area contributed by atoms with Gasteiger partial charge in [0.2, 0.25) is 5.91 Å². The average Bonchev–Trinajstić information content (AvgIpc) is 2.65. The SMILES string of the molecule is O=C1NCCC1Cc1cccs1. The standard InChI is InChI=1S/C9H11NOS/c11-9-7(3-4-10-9)6-8-2-1-5-12-8/h1-2,5,7H,3-4,6H2,(H,10,11). The van der Waals surface area contributed by atoms with Gasteiger partial charge in [0.15, 0.2) is 0 Å². The Balaban J connectivity index is 1.99. The number of amides is 1. The third kappa shape index (κ3) is 1.50. The van der Waals surface area contributed by atoms with E-state index in [9.17, 15) is 4.79 Å². The summed E-state index contributed by atoms with van der Waals surface area (Å²) in [5.74, 6) is 0.451. The van der Waals surface area contributed by atoms with E-state index in [2.05, 4.69) is 16.8 Å². The fraction of sp³-hybridized carbons (Fsp3) is 0.444. The minimum absolute atomic E-state index is 0.225. The van der Waals surface area contributed by atoms with E-state index in [0.29, 0.717) is 0 Å². The first kappa shape index (κ1) is 7.80. The van der Waals surface area contributed by atoms with Crippen LogP contribution in [0.4, 0.5) is 0 Å². The highest BCUT2D eigenvalue weighted by molar-refractivity contribution is 7.09. The molecular weight excluding hydrogens is 170 g/mol. The van der Waals surface area contributed by atoms with Gasteiger partial charge in [-0.1, -0.05) is 6.07 Å². The molecule has 2 nitrogen and oxygen atoms in total. The third-order valence-electron chi connectivity index (χ3n) is 2.19. The molecule has 0 aromatic carbocycles. The van der Waals surface area contributed by atoms with Gasteiger partial charge in [0.05, 0.1) is 0 Å². The van der Waals surface area contributed by atoms with Crippen molar-refractivity contribution in [2.24, 2.45) is 5.92 Å². The number of carbonyl (C=O) groups excluding carboxylic acids is 1. The molecule has 1 fully saturated rings. The lowest BCUT2D eigenvalue weighted by Gasteiger charge is -2.02. The Hall–Kier alpha value is -0.830. The maximum Gasteiger partial charge on any atom is 0.223 e. The lowest BCUT2D eigenvalue weighted by molar-refractivity contribution is -0.122. The first-order chi connectivity index (χ1) is 5.86. The van der Waals surface area contributed by atoms with Crippen molar-refractivity contribution in [1.82, 2.24) is 5.32 Å². The molecule has 12 heavy (non-hydrogen) atoms. The molecule has 1 amide bonds. The molecule has 1 aromatic rings. The fourth-order valence-electron chi connectivity index (χ4n) is 1.51. The van der Waals surface area contributed by atoms with Gasteiger partial charge < -0.3 is 5.32 Å². The summed E-state index contributed by atoms with van der Waals surface area (Å²) < 4.78 is 0. The summed E-state index contributed by atoms with van der Waals surface area (Å²) in [5.41, 5.74) is 0. The van der Waals surface area contributed by atoms with Crippen LogP contribution in [-0.2, 0) is 11.2 Å². The molecule has 1 aromatic heterocycles. The molecule has 1 atom stereocenters. The van der Waals surface area contributed by atoms with E-state index in [1.165, 1.54) is 4.88 Å². The van der Waals surface area contributed by atoms with Gasteiger partial charge in [-0.05, 0) is 24.3 Å². The highest BCUT2D eigenvalue weighted by Gasteiger charge is 2.24. The van der Waals surface area contributed by atoms with E-state index >= 15 is 0 Å². The van der Waals surface area contributed by atoms with E-state index in [1.54, 1.807) is 11.3 Å². The van der Waals surface area contributed by atoms with Gasteiger partial charge in [0, 0.05) is 17.3 Å². The second kappa shape index (κ2) is 3.27. The molecule has 1 aliphatic heterocycles. The number of thiophene rings is 1. The Labute approximate surface area is 75.6 Å². The van der Waals surface area contributed by atoms with Crippen molar-refractivity contribution in [2.75, 3.05) is 6.54 Å². The molecule has 0 saturated carbocycles. The van der Waals surface area contributed by atoms with Crippen molar-refractivity contribution in [1.29, 1.82) is 0 Å². The molecule has 0 radical (unpaired) electrons.